The number of para-hydroxylation sites is 1. The highest BCUT2D eigenvalue weighted by molar-refractivity contribution is 7.13. The van der Waals surface area contributed by atoms with Crippen LogP contribution in [0.1, 0.15) is 5.56 Å². The first-order valence-corrected chi connectivity index (χ1v) is 9.11. The molecule has 1 amide bonds. The molecular formula is C20H15N5OS. The van der Waals surface area contributed by atoms with Gasteiger partial charge in [-0.3, -0.25) is 9.78 Å². The highest BCUT2D eigenvalue weighted by atomic mass is 32.1. The molecule has 1 aromatic carbocycles. The molecule has 0 aliphatic rings. The van der Waals surface area contributed by atoms with Crippen LogP contribution in [-0.2, 0) is 4.79 Å². The third-order valence-electron chi connectivity index (χ3n) is 3.73. The SMILES string of the molecule is O=C(C=Cc1cnn(-c2ccccc2)c1)Nc1csc(-c2ccncc2)n1. The number of hydrogen-bond acceptors (Lipinski definition) is 5. The van der Waals surface area contributed by atoms with Crippen molar-refractivity contribution in [2.24, 2.45) is 0 Å². The molecule has 0 saturated heterocycles. The van der Waals surface area contributed by atoms with E-state index < -0.39 is 0 Å². The van der Waals surface area contributed by atoms with E-state index in [4.69, 9.17) is 0 Å². The predicted molar refractivity (Wildman–Crippen MR) is 107 cm³/mol. The summed E-state index contributed by atoms with van der Waals surface area (Å²) < 4.78 is 1.76. The molecule has 4 aromatic rings. The van der Waals surface area contributed by atoms with Crippen molar-refractivity contribution in [3.05, 3.63) is 84.3 Å². The topological polar surface area (TPSA) is 72.7 Å². The van der Waals surface area contributed by atoms with Crippen molar-refractivity contribution in [2.45, 2.75) is 0 Å². The van der Waals surface area contributed by atoms with Gasteiger partial charge in [-0.2, -0.15) is 5.10 Å². The highest BCUT2D eigenvalue weighted by Gasteiger charge is 2.06. The number of anilines is 1. The van der Waals surface area contributed by atoms with Gasteiger partial charge in [0.25, 0.3) is 0 Å². The normalized spacial score (nSPS) is 11.0. The van der Waals surface area contributed by atoms with E-state index in [2.05, 4.69) is 20.4 Å². The van der Waals surface area contributed by atoms with Crippen LogP contribution in [0.5, 0.6) is 0 Å². The number of pyridine rings is 1. The fourth-order valence-corrected chi connectivity index (χ4v) is 3.20. The third-order valence-corrected chi connectivity index (χ3v) is 4.62. The Morgan fingerprint density at radius 2 is 1.93 bits per heavy atom. The Hall–Kier alpha value is -3.58. The van der Waals surface area contributed by atoms with Crippen molar-refractivity contribution in [1.82, 2.24) is 19.7 Å². The number of carbonyl (C=O) groups excluding carboxylic acids is 1. The fraction of sp³-hybridized carbons (Fsp3) is 0. The van der Waals surface area contributed by atoms with Crippen LogP contribution in [0.4, 0.5) is 5.82 Å². The molecule has 0 unspecified atom stereocenters. The van der Waals surface area contributed by atoms with E-state index >= 15 is 0 Å². The number of aromatic nitrogens is 4. The second-order valence-electron chi connectivity index (χ2n) is 5.65. The summed E-state index contributed by atoms with van der Waals surface area (Å²) in [7, 11) is 0. The molecule has 1 N–H and O–H groups in total. The van der Waals surface area contributed by atoms with Gasteiger partial charge in [0, 0.05) is 41.2 Å². The maximum Gasteiger partial charge on any atom is 0.249 e. The number of thiazole rings is 1. The Bertz CT molecular complexity index is 1070. The standard InChI is InChI=1S/C20H15N5OS/c26-19(23-18-14-27-20(24-18)16-8-10-21-11-9-16)7-6-15-12-22-25(13-15)17-4-2-1-3-5-17/h1-14H,(H,23,26). The molecule has 0 bridgehead atoms. The summed E-state index contributed by atoms with van der Waals surface area (Å²) in [6, 6.07) is 13.6. The van der Waals surface area contributed by atoms with Crippen LogP contribution < -0.4 is 5.32 Å². The molecule has 0 spiro atoms. The summed E-state index contributed by atoms with van der Waals surface area (Å²) in [5.41, 5.74) is 2.77. The maximum absolute atomic E-state index is 12.1. The summed E-state index contributed by atoms with van der Waals surface area (Å²) in [4.78, 5) is 20.6. The Morgan fingerprint density at radius 3 is 2.74 bits per heavy atom. The lowest BCUT2D eigenvalue weighted by Crippen LogP contribution is -2.07. The van der Waals surface area contributed by atoms with Crippen molar-refractivity contribution in [2.75, 3.05) is 5.32 Å². The molecule has 6 nitrogen and oxygen atoms in total. The van der Waals surface area contributed by atoms with E-state index in [-0.39, 0.29) is 5.91 Å². The number of nitrogens with zero attached hydrogens (tertiary/aromatic N) is 4. The molecule has 132 valence electrons. The summed E-state index contributed by atoms with van der Waals surface area (Å²) in [5, 5.41) is 9.72. The van der Waals surface area contributed by atoms with Gasteiger partial charge in [-0.05, 0) is 30.3 Å². The van der Waals surface area contributed by atoms with Crippen molar-refractivity contribution >= 4 is 29.1 Å². The van der Waals surface area contributed by atoms with Crippen LogP contribution in [0.3, 0.4) is 0 Å². The van der Waals surface area contributed by atoms with Gasteiger partial charge in [-0.15, -0.1) is 11.3 Å². The summed E-state index contributed by atoms with van der Waals surface area (Å²) in [5.74, 6) is 0.287. The zero-order valence-corrected chi connectivity index (χ0v) is 15.0. The van der Waals surface area contributed by atoms with Crippen molar-refractivity contribution in [3.8, 4) is 16.3 Å². The van der Waals surface area contributed by atoms with E-state index in [9.17, 15) is 4.79 Å². The average Bonchev–Trinajstić information content (AvgIpc) is 3.37. The zero-order valence-electron chi connectivity index (χ0n) is 14.2. The minimum atomic E-state index is -0.242. The minimum Gasteiger partial charge on any atom is -0.306 e. The third kappa shape index (κ3) is 4.16. The van der Waals surface area contributed by atoms with Crippen LogP contribution in [0.25, 0.3) is 22.3 Å². The summed E-state index contributed by atoms with van der Waals surface area (Å²) in [6.07, 6.45) is 10.2. The van der Waals surface area contributed by atoms with Gasteiger partial charge in [-0.1, -0.05) is 18.2 Å². The fourth-order valence-electron chi connectivity index (χ4n) is 2.44. The van der Waals surface area contributed by atoms with Gasteiger partial charge in [0.15, 0.2) is 0 Å². The number of nitrogens with one attached hydrogen (secondary N) is 1. The number of hydrogen-bond donors (Lipinski definition) is 1. The van der Waals surface area contributed by atoms with Gasteiger partial charge < -0.3 is 5.32 Å². The van der Waals surface area contributed by atoms with Crippen molar-refractivity contribution in [1.29, 1.82) is 0 Å². The Balaban J connectivity index is 1.40. The summed E-state index contributed by atoms with van der Waals surface area (Å²) in [6.45, 7) is 0. The number of amides is 1. The first-order chi connectivity index (χ1) is 13.3. The highest BCUT2D eigenvalue weighted by Crippen LogP contribution is 2.25. The van der Waals surface area contributed by atoms with Crippen LogP contribution in [0.15, 0.2) is 78.7 Å². The molecule has 3 aromatic heterocycles. The number of benzene rings is 1. The number of carbonyl (C=O) groups is 1. The monoisotopic (exact) mass is 373 g/mol. The number of rotatable bonds is 5. The Kier molecular flexibility index (Phi) is 4.84. The molecule has 27 heavy (non-hydrogen) atoms. The average molecular weight is 373 g/mol. The molecule has 0 saturated carbocycles. The largest absolute Gasteiger partial charge is 0.306 e. The van der Waals surface area contributed by atoms with Gasteiger partial charge >= 0.3 is 0 Å². The van der Waals surface area contributed by atoms with Crippen LogP contribution in [0.2, 0.25) is 0 Å². The molecular weight excluding hydrogens is 358 g/mol. The van der Waals surface area contributed by atoms with E-state index in [0.29, 0.717) is 5.82 Å². The zero-order chi connectivity index (χ0) is 18.5. The Morgan fingerprint density at radius 1 is 1.11 bits per heavy atom. The lowest BCUT2D eigenvalue weighted by Gasteiger charge is -1.98. The molecule has 7 heteroatoms. The van der Waals surface area contributed by atoms with Crippen LogP contribution in [-0.4, -0.2) is 25.7 Å². The van der Waals surface area contributed by atoms with Crippen molar-refractivity contribution in [3.63, 3.8) is 0 Å². The lowest BCUT2D eigenvalue weighted by molar-refractivity contribution is -0.111. The van der Waals surface area contributed by atoms with Gasteiger partial charge in [0.2, 0.25) is 5.91 Å². The molecule has 0 radical (unpaired) electrons. The van der Waals surface area contributed by atoms with E-state index in [1.807, 2.05) is 54.0 Å². The molecule has 3 heterocycles. The first-order valence-electron chi connectivity index (χ1n) is 8.23. The molecule has 0 aliphatic heterocycles. The van der Waals surface area contributed by atoms with Gasteiger partial charge in [-0.25, -0.2) is 9.67 Å². The Labute approximate surface area is 159 Å². The predicted octanol–water partition coefficient (Wildman–Crippen LogP) is 4.04. The van der Waals surface area contributed by atoms with Crippen molar-refractivity contribution < 1.29 is 4.79 Å². The lowest BCUT2D eigenvalue weighted by atomic mass is 10.3. The van der Waals surface area contributed by atoms with E-state index in [1.54, 1.807) is 29.3 Å². The summed E-state index contributed by atoms with van der Waals surface area (Å²) >= 11 is 1.47. The van der Waals surface area contributed by atoms with Gasteiger partial charge in [0.1, 0.15) is 10.8 Å². The van der Waals surface area contributed by atoms with Crippen LogP contribution in [0, 0.1) is 0 Å². The molecule has 4 rings (SSSR count). The molecule has 0 aliphatic carbocycles. The van der Waals surface area contributed by atoms with Crippen LogP contribution >= 0.6 is 11.3 Å². The van der Waals surface area contributed by atoms with E-state index in [0.717, 1.165) is 21.8 Å². The second-order valence-corrected chi connectivity index (χ2v) is 6.51. The molecule has 0 fully saturated rings. The van der Waals surface area contributed by atoms with Gasteiger partial charge in [0.05, 0.1) is 11.9 Å². The quantitative estimate of drug-likeness (QED) is 0.536. The molecule has 0 atom stereocenters. The first kappa shape index (κ1) is 16.9. The minimum absolute atomic E-state index is 0.242. The second kappa shape index (κ2) is 7.76. The van der Waals surface area contributed by atoms with E-state index in [1.165, 1.54) is 17.4 Å². The maximum atomic E-state index is 12.1. The smallest absolute Gasteiger partial charge is 0.249 e.